The maximum absolute atomic E-state index is 11.0. The van der Waals surface area contributed by atoms with Crippen LogP contribution in [0.4, 0.5) is 0 Å². The van der Waals surface area contributed by atoms with Crippen molar-refractivity contribution >= 4 is 18.2 Å². The molecule has 6 nitrogen and oxygen atoms in total. The van der Waals surface area contributed by atoms with Crippen molar-refractivity contribution in [3.05, 3.63) is 34.9 Å². The Bertz CT molecular complexity index is 494. The van der Waals surface area contributed by atoms with Gasteiger partial charge in [-0.3, -0.25) is 9.59 Å². The Morgan fingerprint density at radius 2 is 2.05 bits per heavy atom. The lowest BCUT2D eigenvalue weighted by atomic mass is 9.99. The monoisotopic (exact) mass is 266 g/mol. The van der Waals surface area contributed by atoms with Crippen LogP contribution < -0.4 is 0 Å². The molecule has 0 saturated carbocycles. The highest BCUT2D eigenvalue weighted by Crippen LogP contribution is 2.18. The average molecular weight is 266 g/mol. The summed E-state index contributed by atoms with van der Waals surface area (Å²) in [6, 6.07) is 4.29. The Labute approximate surface area is 109 Å². The lowest BCUT2D eigenvalue weighted by molar-refractivity contribution is -0.147. The number of aliphatic hydroxyl groups is 1. The molecule has 0 bridgehead atoms. The molecule has 1 rings (SSSR count). The largest absolute Gasteiger partial charge is 0.479 e. The van der Waals surface area contributed by atoms with Gasteiger partial charge in [-0.15, -0.1) is 0 Å². The van der Waals surface area contributed by atoms with E-state index in [0.29, 0.717) is 18.3 Å². The molecule has 0 spiro atoms. The summed E-state index contributed by atoms with van der Waals surface area (Å²) >= 11 is 0. The Balaban J connectivity index is 2.98. The molecule has 19 heavy (non-hydrogen) atoms. The van der Waals surface area contributed by atoms with Crippen molar-refractivity contribution in [1.82, 2.24) is 0 Å². The number of methoxy groups -OCH3 is 1. The van der Waals surface area contributed by atoms with Gasteiger partial charge in [0, 0.05) is 12.0 Å². The first-order chi connectivity index (χ1) is 8.97. The highest BCUT2D eigenvalue weighted by atomic mass is 16.5. The zero-order chi connectivity index (χ0) is 14.4. The van der Waals surface area contributed by atoms with Crippen molar-refractivity contribution in [3.8, 4) is 0 Å². The number of ether oxygens (including phenoxy) is 1. The first kappa shape index (κ1) is 14.8. The van der Waals surface area contributed by atoms with Gasteiger partial charge in [0.25, 0.3) is 0 Å². The molecule has 0 amide bonds. The third kappa shape index (κ3) is 4.18. The highest BCUT2D eigenvalue weighted by molar-refractivity contribution is 5.79. The molecular formula is C13H14O6. The molecule has 0 fully saturated rings. The number of carbonyl (C=O) groups excluding carboxylic acids is 2. The Kier molecular flexibility index (Phi) is 5.20. The number of aryl methyl sites for hydroxylation is 1. The van der Waals surface area contributed by atoms with Crippen LogP contribution in [0.1, 0.15) is 34.0 Å². The number of hydrogen-bond acceptors (Lipinski definition) is 5. The van der Waals surface area contributed by atoms with Gasteiger partial charge in [-0.2, -0.15) is 0 Å². The average Bonchev–Trinajstić information content (AvgIpc) is 2.43. The summed E-state index contributed by atoms with van der Waals surface area (Å²) in [7, 11) is 1.27. The van der Waals surface area contributed by atoms with Crippen LogP contribution in [0.25, 0.3) is 0 Å². The van der Waals surface area contributed by atoms with Gasteiger partial charge in [0.1, 0.15) is 6.29 Å². The number of aliphatic carboxylic acids is 1. The van der Waals surface area contributed by atoms with Crippen LogP contribution in [0.5, 0.6) is 0 Å². The van der Waals surface area contributed by atoms with E-state index in [0.717, 1.165) is 0 Å². The standard InChI is InChI=1S/C13H14O6/c1-19-11(15)3-2-8-4-9(7-14)6-10(5-8)12(16)13(17)18/h4-7,12,16H,2-3H2,1H3,(H,17,18). The van der Waals surface area contributed by atoms with E-state index in [1.54, 1.807) is 0 Å². The Morgan fingerprint density at radius 3 is 2.58 bits per heavy atom. The van der Waals surface area contributed by atoms with E-state index in [1.165, 1.54) is 25.3 Å². The van der Waals surface area contributed by atoms with Gasteiger partial charge in [-0.1, -0.05) is 6.07 Å². The van der Waals surface area contributed by atoms with Crippen LogP contribution in [-0.4, -0.2) is 35.5 Å². The smallest absolute Gasteiger partial charge is 0.337 e. The normalized spacial score (nSPS) is 11.7. The number of rotatable bonds is 6. The van der Waals surface area contributed by atoms with Gasteiger partial charge in [0.2, 0.25) is 0 Å². The first-order valence-electron chi connectivity index (χ1n) is 5.54. The van der Waals surface area contributed by atoms with Crippen LogP contribution in [0, 0.1) is 0 Å². The first-order valence-corrected chi connectivity index (χ1v) is 5.54. The topological polar surface area (TPSA) is 101 Å². The molecule has 1 atom stereocenters. The second-order valence-electron chi connectivity index (χ2n) is 3.94. The molecule has 2 N–H and O–H groups in total. The second-order valence-corrected chi connectivity index (χ2v) is 3.94. The van der Waals surface area contributed by atoms with Crippen molar-refractivity contribution in [1.29, 1.82) is 0 Å². The third-order valence-corrected chi connectivity index (χ3v) is 2.57. The van der Waals surface area contributed by atoms with Crippen molar-refractivity contribution in [3.63, 3.8) is 0 Å². The number of hydrogen-bond donors (Lipinski definition) is 2. The van der Waals surface area contributed by atoms with Crippen LogP contribution in [0.3, 0.4) is 0 Å². The minimum absolute atomic E-state index is 0.108. The third-order valence-electron chi connectivity index (χ3n) is 2.57. The Hall–Kier alpha value is -2.21. The van der Waals surface area contributed by atoms with Crippen molar-refractivity contribution in [2.75, 3.05) is 7.11 Å². The molecule has 0 aromatic heterocycles. The quantitative estimate of drug-likeness (QED) is 0.581. The zero-order valence-electron chi connectivity index (χ0n) is 10.3. The molecule has 1 aromatic rings. The predicted octanol–water partition coefficient (Wildman–Crippen LogP) is 0.723. The van der Waals surface area contributed by atoms with E-state index in [2.05, 4.69) is 4.74 Å². The van der Waals surface area contributed by atoms with E-state index in [9.17, 15) is 19.5 Å². The van der Waals surface area contributed by atoms with Crippen LogP contribution in [0.2, 0.25) is 0 Å². The van der Waals surface area contributed by atoms with E-state index in [4.69, 9.17) is 5.11 Å². The molecule has 1 unspecified atom stereocenters. The summed E-state index contributed by atoms with van der Waals surface area (Å²) in [6.45, 7) is 0. The van der Waals surface area contributed by atoms with E-state index in [-0.39, 0.29) is 17.5 Å². The second kappa shape index (κ2) is 6.65. The van der Waals surface area contributed by atoms with E-state index in [1.807, 2.05) is 0 Å². The predicted molar refractivity (Wildman–Crippen MR) is 64.8 cm³/mol. The van der Waals surface area contributed by atoms with Gasteiger partial charge in [-0.25, -0.2) is 4.79 Å². The number of esters is 1. The number of carboxylic acid groups (broad SMARTS) is 1. The summed E-state index contributed by atoms with van der Waals surface area (Å²) in [5.41, 5.74) is 0.944. The van der Waals surface area contributed by atoms with Crippen molar-refractivity contribution in [2.24, 2.45) is 0 Å². The van der Waals surface area contributed by atoms with Crippen molar-refractivity contribution in [2.45, 2.75) is 18.9 Å². The van der Waals surface area contributed by atoms with Gasteiger partial charge in [0.15, 0.2) is 6.10 Å². The van der Waals surface area contributed by atoms with Crippen molar-refractivity contribution < 1.29 is 29.3 Å². The lowest BCUT2D eigenvalue weighted by Gasteiger charge is -2.09. The minimum Gasteiger partial charge on any atom is -0.479 e. The SMILES string of the molecule is COC(=O)CCc1cc(C=O)cc(C(O)C(=O)O)c1. The molecule has 0 aliphatic carbocycles. The van der Waals surface area contributed by atoms with Gasteiger partial charge >= 0.3 is 11.9 Å². The molecule has 0 aliphatic rings. The number of carbonyl (C=O) groups is 3. The number of aliphatic hydroxyl groups excluding tert-OH is 1. The molecule has 0 heterocycles. The summed E-state index contributed by atoms with van der Waals surface area (Å²) in [5, 5.41) is 18.2. The van der Waals surface area contributed by atoms with Gasteiger partial charge in [0.05, 0.1) is 7.11 Å². The highest BCUT2D eigenvalue weighted by Gasteiger charge is 2.17. The lowest BCUT2D eigenvalue weighted by Crippen LogP contribution is -2.11. The molecular weight excluding hydrogens is 252 g/mol. The minimum atomic E-state index is -1.70. The summed E-state index contributed by atoms with van der Waals surface area (Å²) in [4.78, 5) is 32.5. The van der Waals surface area contributed by atoms with E-state index < -0.39 is 18.0 Å². The Morgan fingerprint density at radius 1 is 1.37 bits per heavy atom. The number of carboxylic acids is 1. The maximum Gasteiger partial charge on any atom is 0.337 e. The molecule has 6 heteroatoms. The molecule has 0 aliphatic heterocycles. The fourth-order valence-electron chi connectivity index (χ4n) is 1.61. The number of benzene rings is 1. The molecule has 0 saturated heterocycles. The van der Waals surface area contributed by atoms with Crippen LogP contribution in [-0.2, 0) is 20.7 Å². The van der Waals surface area contributed by atoms with Crippen LogP contribution >= 0.6 is 0 Å². The van der Waals surface area contributed by atoms with Crippen LogP contribution in [0.15, 0.2) is 18.2 Å². The number of aldehydes is 1. The van der Waals surface area contributed by atoms with E-state index >= 15 is 0 Å². The molecule has 0 radical (unpaired) electrons. The molecule has 1 aromatic carbocycles. The fraction of sp³-hybridized carbons (Fsp3) is 0.308. The zero-order valence-corrected chi connectivity index (χ0v) is 10.3. The van der Waals surface area contributed by atoms with Gasteiger partial charge in [-0.05, 0) is 29.7 Å². The summed E-state index contributed by atoms with van der Waals surface area (Å²) in [5.74, 6) is -1.81. The summed E-state index contributed by atoms with van der Waals surface area (Å²) in [6.07, 6.45) is -0.730. The van der Waals surface area contributed by atoms with Gasteiger partial charge < -0.3 is 14.9 Å². The maximum atomic E-state index is 11.0. The molecule has 102 valence electrons. The fourth-order valence-corrected chi connectivity index (χ4v) is 1.61. The summed E-state index contributed by atoms with van der Waals surface area (Å²) < 4.78 is 4.49.